The van der Waals surface area contributed by atoms with E-state index in [0.717, 1.165) is 19.3 Å². The van der Waals surface area contributed by atoms with E-state index in [9.17, 15) is 14.0 Å². The van der Waals surface area contributed by atoms with Crippen LogP contribution in [0.5, 0.6) is 0 Å². The Morgan fingerprint density at radius 2 is 2.12 bits per heavy atom. The van der Waals surface area contributed by atoms with Crippen LogP contribution in [0.2, 0.25) is 0 Å². The van der Waals surface area contributed by atoms with E-state index in [4.69, 9.17) is 5.11 Å². The Balaban J connectivity index is 1.74. The van der Waals surface area contributed by atoms with Crippen LogP contribution in [0.15, 0.2) is 24.3 Å². The Kier molecular flexibility index (Phi) is 4.85. The van der Waals surface area contributed by atoms with Gasteiger partial charge in [0.15, 0.2) is 0 Å². The first-order valence-corrected chi connectivity index (χ1v) is 8.46. The predicted molar refractivity (Wildman–Crippen MR) is 86.9 cm³/mol. The number of aliphatic hydroxyl groups is 1. The highest BCUT2D eigenvalue weighted by Gasteiger charge is 2.42. The Morgan fingerprint density at radius 1 is 1.29 bits per heavy atom. The van der Waals surface area contributed by atoms with Crippen LogP contribution >= 0.6 is 0 Å². The van der Waals surface area contributed by atoms with Crippen LogP contribution in [-0.2, 0) is 4.79 Å². The van der Waals surface area contributed by atoms with Crippen molar-refractivity contribution in [2.24, 2.45) is 5.41 Å². The SMILES string of the molecule is O=C1CCC2(CCCN(C(=O)c3cccc(F)c3)C2)CN1CCO. The summed E-state index contributed by atoms with van der Waals surface area (Å²) < 4.78 is 13.4. The average Bonchev–Trinajstić information content (AvgIpc) is 2.58. The molecule has 3 rings (SSSR count). The minimum absolute atomic E-state index is 0.0479. The summed E-state index contributed by atoms with van der Waals surface area (Å²) in [6.45, 7) is 2.12. The number of hydrogen-bond acceptors (Lipinski definition) is 3. The maximum atomic E-state index is 13.4. The molecular formula is C18H23FN2O3. The number of benzene rings is 1. The Bertz CT molecular complexity index is 636. The average molecular weight is 334 g/mol. The summed E-state index contributed by atoms with van der Waals surface area (Å²) >= 11 is 0. The van der Waals surface area contributed by atoms with Crippen LogP contribution < -0.4 is 0 Å². The first kappa shape index (κ1) is 16.9. The zero-order valence-corrected chi connectivity index (χ0v) is 13.7. The summed E-state index contributed by atoms with van der Waals surface area (Å²) in [7, 11) is 0. The molecule has 1 aromatic carbocycles. The fourth-order valence-corrected chi connectivity index (χ4v) is 3.95. The second-order valence-corrected chi connectivity index (χ2v) is 6.88. The molecule has 1 atom stereocenters. The van der Waals surface area contributed by atoms with E-state index >= 15 is 0 Å². The van der Waals surface area contributed by atoms with Gasteiger partial charge in [0, 0.05) is 43.6 Å². The molecule has 24 heavy (non-hydrogen) atoms. The maximum Gasteiger partial charge on any atom is 0.253 e. The molecule has 0 aromatic heterocycles. The molecule has 2 saturated heterocycles. The van der Waals surface area contributed by atoms with Gasteiger partial charge in [0.1, 0.15) is 5.82 Å². The van der Waals surface area contributed by atoms with Crippen molar-refractivity contribution >= 4 is 11.8 Å². The van der Waals surface area contributed by atoms with Crippen molar-refractivity contribution in [3.8, 4) is 0 Å². The number of rotatable bonds is 3. The van der Waals surface area contributed by atoms with Gasteiger partial charge in [-0.25, -0.2) is 4.39 Å². The topological polar surface area (TPSA) is 60.9 Å². The lowest BCUT2D eigenvalue weighted by Gasteiger charge is -2.48. The number of carbonyl (C=O) groups excluding carboxylic acids is 2. The third-order valence-corrected chi connectivity index (χ3v) is 5.14. The van der Waals surface area contributed by atoms with Crippen LogP contribution in [0.1, 0.15) is 36.0 Å². The number of aliphatic hydroxyl groups excluding tert-OH is 1. The molecule has 0 saturated carbocycles. The summed E-state index contributed by atoms with van der Waals surface area (Å²) in [6.07, 6.45) is 3.07. The smallest absolute Gasteiger partial charge is 0.253 e. The molecule has 2 aliphatic rings. The fraction of sp³-hybridized carbons (Fsp3) is 0.556. The van der Waals surface area contributed by atoms with Crippen LogP contribution in [0, 0.1) is 11.2 Å². The number of piperidine rings is 2. The van der Waals surface area contributed by atoms with Gasteiger partial charge in [-0.3, -0.25) is 9.59 Å². The van der Waals surface area contributed by atoms with Gasteiger partial charge in [-0.1, -0.05) is 6.07 Å². The number of nitrogens with zero attached hydrogens (tertiary/aromatic N) is 2. The lowest BCUT2D eigenvalue weighted by Crippen LogP contribution is -2.55. The zero-order chi connectivity index (χ0) is 17.2. The van der Waals surface area contributed by atoms with Crippen molar-refractivity contribution in [1.29, 1.82) is 0 Å². The van der Waals surface area contributed by atoms with Gasteiger partial charge in [0.2, 0.25) is 5.91 Å². The molecule has 1 unspecified atom stereocenters. The predicted octanol–water partition coefficient (Wildman–Crippen LogP) is 1.66. The van der Waals surface area contributed by atoms with E-state index in [0.29, 0.717) is 38.2 Å². The minimum Gasteiger partial charge on any atom is -0.395 e. The van der Waals surface area contributed by atoms with E-state index in [1.807, 2.05) is 0 Å². The Hall–Kier alpha value is -1.95. The van der Waals surface area contributed by atoms with Crippen LogP contribution in [-0.4, -0.2) is 59.5 Å². The summed E-state index contributed by atoms with van der Waals surface area (Å²) in [6, 6.07) is 5.78. The lowest BCUT2D eigenvalue weighted by molar-refractivity contribution is -0.139. The lowest BCUT2D eigenvalue weighted by atomic mass is 9.73. The molecule has 2 aliphatic heterocycles. The maximum absolute atomic E-state index is 13.4. The van der Waals surface area contributed by atoms with Gasteiger partial charge in [0.25, 0.3) is 5.91 Å². The molecule has 2 heterocycles. The van der Waals surface area contributed by atoms with Gasteiger partial charge >= 0.3 is 0 Å². The number of likely N-dealkylation sites (tertiary alicyclic amines) is 2. The molecule has 0 radical (unpaired) electrons. The molecule has 1 aromatic rings. The van der Waals surface area contributed by atoms with Crippen molar-refractivity contribution in [2.75, 3.05) is 32.8 Å². The third kappa shape index (κ3) is 3.43. The van der Waals surface area contributed by atoms with E-state index in [1.54, 1.807) is 21.9 Å². The molecule has 6 heteroatoms. The molecule has 1 N–H and O–H groups in total. The van der Waals surface area contributed by atoms with Gasteiger partial charge in [-0.2, -0.15) is 0 Å². The quantitative estimate of drug-likeness (QED) is 0.915. The van der Waals surface area contributed by atoms with E-state index in [-0.39, 0.29) is 23.8 Å². The molecular weight excluding hydrogens is 311 g/mol. The van der Waals surface area contributed by atoms with Gasteiger partial charge in [-0.15, -0.1) is 0 Å². The van der Waals surface area contributed by atoms with Crippen LogP contribution in [0.4, 0.5) is 4.39 Å². The number of hydrogen-bond donors (Lipinski definition) is 1. The van der Waals surface area contributed by atoms with Crippen molar-refractivity contribution in [1.82, 2.24) is 9.80 Å². The van der Waals surface area contributed by atoms with Gasteiger partial charge < -0.3 is 14.9 Å². The van der Waals surface area contributed by atoms with Gasteiger partial charge in [0.05, 0.1) is 6.61 Å². The van der Waals surface area contributed by atoms with Crippen LogP contribution in [0.25, 0.3) is 0 Å². The summed E-state index contributed by atoms with van der Waals surface area (Å²) in [5, 5.41) is 9.14. The molecule has 1 spiro atoms. The molecule has 0 aliphatic carbocycles. The normalized spacial score (nSPS) is 24.5. The second kappa shape index (κ2) is 6.89. The van der Waals surface area contributed by atoms with E-state index in [1.165, 1.54) is 12.1 Å². The fourth-order valence-electron chi connectivity index (χ4n) is 3.95. The van der Waals surface area contributed by atoms with Crippen molar-refractivity contribution < 1.29 is 19.1 Å². The van der Waals surface area contributed by atoms with Gasteiger partial charge in [-0.05, 0) is 37.5 Å². The first-order chi connectivity index (χ1) is 11.5. The number of β-amino-alcohol motifs (C(OH)–C–C–N with tert-alkyl or cyclic N) is 1. The third-order valence-electron chi connectivity index (χ3n) is 5.14. The number of amides is 2. The monoisotopic (exact) mass is 334 g/mol. The summed E-state index contributed by atoms with van der Waals surface area (Å²) in [5.41, 5.74) is 0.260. The van der Waals surface area contributed by atoms with Crippen molar-refractivity contribution in [3.63, 3.8) is 0 Å². The number of halogens is 1. The highest BCUT2D eigenvalue weighted by Crippen LogP contribution is 2.39. The van der Waals surface area contributed by atoms with Crippen molar-refractivity contribution in [3.05, 3.63) is 35.6 Å². The summed E-state index contributed by atoms with van der Waals surface area (Å²) in [4.78, 5) is 28.2. The van der Waals surface area contributed by atoms with Crippen molar-refractivity contribution in [2.45, 2.75) is 25.7 Å². The highest BCUT2D eigenvalue weighted by atomic mass is 19.1. The standard InChI is InChI=1S/C18H23FN2O3/c19-15-4-1-3-14(11-15)17(24)21-8-2-6-18(13-21)7-5-16(23)20(12-18)9-10-22/h1,3-4,11,22H,2,5-10,12-13H2. The largest absolute Gasteiger partial charge is 0.395 e. The van der Waals surface area contributed by atoms with Crippen LogP contribution in [0.3, 0.4) is 0 Å². The second-order valence-electron chi connectivity index (χ2n) is 6.88. The minimum atomic E-state index is -0.412. The summed E-state index contributed by atoms with van der Waals surface area (Å²) in [5.74, 6) is -0.493. The van der Waals surface area contributed by atoms with E-state index < -0.39 is 5.82 Å². The highest BCUT2D eigenvalue weighted by molar-refractivity contribution is 5.94. The Labute approximate surface area is 141 Å². The van der Waals surface area contributed by atoms with E-state index in [2.05, 4.69) is 0 Å². The zero-order valence-electron chi connectivity index (χ0n) is 13.7. The molecule has 130 valence electrons. The molecule has 2 amide bonds. The first-order valence-electron chi connectivity index (χ1n) is 8.46. The molecule has 5 nitrogen and oxygen atoms in total. The molecule has 0 bridgehead atoms. The Morgan fingerprint density at radius 3 is 2.88 bits per heavy atom. The molecule has 2 fully saturated rings. The number of carbonyl (C=O) groups is 2.